The molecule has 32 heavy (non-hydrogen) atoms. The minimum Gasteiger partial charge on any atom is -0.316 e. The lowest BCUT2D eigenvalue weighted by molar-refractivity contribution is -0.115. The Balaban J connectivity index is 1.52. The molecule has 3 aromatic heterocycles. The standard InChI is InChI=1S/C23H24N6OS2/c1-3-13-29-20(16-9-11-25-12-10-16)27-28-23(29)31-15(2)21(30)26-22-18(14-24)17-7-5-4-6-8-19(17)32-22/h3,9-12,15H,1,4-8,13H2,2H3,(H,26,30)/t15-/m1/s1. The molecule has 1 atom stereocenters. The summed E-state index contributed by atoms with van der Waals surface area (Å²) >= 11 is 2.89. The summed E-state index contributed by atoms with van der Waals surface area (Å²) in [7, 11) is 0. The number of amides is 1. The van der Waals surface area contributed by atoms with Crippen LogP contribution in [0, 0.1) is 11.3 Å². The van der Waals surface area contributed by atoms with Crippen LogP contribution in [-0.4, -0.2) is 30.9 Å². The predicted octanol–water partition coefficient (Wildman–Crippen LogP) is 4.85. The first kappa shape index (κ1) is 22.2. The van der Waals surface area contributed by atoms with Gasteiger partial charge in [-0.15, -0.1) is 28.1 Å². The van der Waals surface area contributed by atoms with E-state index in [4.69, 9.17) is 0 Å². The van der Waals surface area contributed by atoms with E-state index in [0.717, 1.165) is 36.8 Å². The molecule has 1 aliphatic carbocycles. The molecule has 9 heteroatoms. The number of pyridine rings is 1. The fourth-order valence-corrected chi connectivity index (χ4v) is 5.86. The van der Waals surface area contributed by atoms with Gasteiger partial charge in [-0.05, 0) is 50.3 Å². The van der Waals surface area contributed by atoms with Crippen molar-refractivity contribution in [2.45, 2.75) is 56.0 Å². The number of rotatable bonds is 7. The highest BCUT2D eigenvalue weighted by Gasteiger charge is 2.24. The molecular formula is C23H24N6OS2. The summed E-state index contributed by atoms with van der Waals surface area (Å²) < 4.78 is 1.94. The van der Waals surface area contributed by atoms with E-state index in [9.17, 15) is 10.1 Å². The van der Waals surface area contributed by atoms with Gasteiger partial charge in [0.05, 0.1) is 10.8 Å². The van der Waals surface area contributed by atoms with Crippen LogP contribution in [0.5, 0.6) is 0 Å². The normalized spacial score (nSPS) is 14.1. The Morgan fingerprint density at radius 1 is 1.34 bits per heavy atom. The van der Waals surface area contributed by atoms with Gasteiger partial charge in [0.2, 0.25) is 5.91 Å². The molecule has 3 heterocycles. The first-order valence-electron chi connectivity index (χ1n) is 10.6. The molecule has 0 spiro atoms. The van der Waals surface area contributed by atoms with Crippen molar-refractivity contribution in [1.82, 2.24) is 19.7 Å². The van der Waals surface area contributed by atoms with E-state index in [0.29, 0.717) is 28.1 Å². The lowest BCUT2D eigenvalue weighted by atomic mass is 10.1. The number of aromatic nitrogens is 4. The van der Waals surface area contributed by atoms with Gasteiger partial charge in [0, 0.05) is 29.4 Å². The van der Waals surface area contributed by atoms with E-state index in [1.54, 1.807) is 29.8 Å². The van der Waals surface area contributed by atoms with E-state index < -0.39 is 5.25 Å². The van der Waals surface area contributed by atoms with Crippen molar-refractivity contribution in [2.75, 3.05) is 5.32 Å². The Morgan fingerprint density at radius 3 is 2.88 bits per heavy atom. The van der Waals surface area contributed by atoms with Crippen molar-refractivity contribution in [3.05, 3.63) is 53.2 Å². The lowest BCUT2D eigenvalue weighted by Crippen LogP contribution is -2.23. The van der Waals surface area contributed by atoms with E-state index in [2.05, 4.69) is 33.1 Å². The summed E-state index contributed by atoms with van der Waals surface area (Å²) in [5.41, 5.74) is 2.66. The first-order chi connectivity index (χ1) is 15.6. The van der Waals surface area contributed by atoms with Crippen LogP contribution in [0.3, 0.4) is 0 Å². The average molecular weight is 465 g/mol. The van der Waals surface area contributed by atoms with Crippen LogP contribution in [0.4, 0.5) is 5.00 Å². The topological polar surface area (TPSA) is 96.5 Å². The Morgan fingerprint density at radius 2 is 2.12 bits per heavy atom. The van der Waals surface area contributed by atoms with Gasteiger partial charge < -0.3 is 5.32 Å². The van der Waals surface area contributed by atoms with Gasteiger partial charge >= 0.3 is 0 Å². The third-order valence-corrected chi connectivity index (χ3v) is 7.68. The second-order valence-electron chi connectivity index (χ2n) is 7.57. The number of nitrogens with one attached hydrogen (secondary N) is 1. The summed E-state index contributed by atoms with van der Waals surface area (Å²) in [6, 6.07) is 6.07. The number of nitrogens with zero attached hydrogens (tertiary/aromatic N) is 5. The predicted molar refractivity (Wildman–Crippen MR) is 128 cm³/mol. The Bertz CT molecular complexity index is 1160. The zero-order valence-corrected chi connectivity index (χ0v) is 19.5. The number of carbonyl (C=O) groups excluding carboxylic acids is 1. The minimum atomic E-state index is -0.415. The molecular weight excluding hydrogens is 440 g/mol. The molecule has 164 valence electrons. The molecule has 0 radical (unpaired) electrons. The zero-order chi connectivity index (χ0) is 22.5. The highest BCUT2D eigenvalue weighted by Crippen LogP contribution is 2.37. The number of thiophene rings is 1. The van der Waals surface area contributed by atoms with E-state index in [-0.39, 0.29) is 5.91 Å². The summed E-state index contributed by atoms with van der Waals surface area (Å²) in [5, 5.41) is 22.2. The number of aryl methyl sites for hydroxylation is 1. The third-order valence-electron chi connectivity index (χ3n) is 5.39. The molecule has 0 unspecified atom stereocenters. The van der Waals surface area contributed by atoms with Crippen LogP contribution in [0.2, 0.25) is 0 Å². The molecule has 7 nitrogen and oxygen atoms in total. The fraction of sp³-hybridized carbons (Fsp3) is 0.348. The molecule has 0 fully saturated rings. The largest absolute Gasteiger partial charge is 0.316 e. The Hall–Kier alpha value is -2.96. The molecule has 0 saturated carbocycles. The molecule has 1 amide bonds. The fourth-order valence-electron chi connectivity index (χ4n) is 3.76. The number of nitriles is 1. The summed E-state index contributed by atoms with van der Waals surface area (Å²) in [6.07, 6.45) is 10.5. The van der Waals surface area contributed by atoms with Crippen LogP contribution >= 0.6 is 23.1 Å². The summed E-state index contributed by atoms with van der Waals surface area (Å²) in [6.45, 7) is 6.19. The van der Waals surface area contributed by atoms with E-state index in [1.165, 1.54) is 23.1 Å². The van der Waals surface area contributed by atoms with Crippen LogP contribution < -0.4 is 5.32 Å². The van der Waals surface area contributed by atoms with Gasteiger partial charge in [0.1, 0.15) is 11.1 Å². The van der Waals surface area contributed by atoms with Crippen LogP contribution in [0.25, 0.3) is 11.4 Å². The van der Waals surface area contributed by atoms with Crippen molar-refractivity contribution < 1.29 is 4.79 Å². The minimum absolute atomic E-state index is 0.151. The maximum atomic E-state index is 13.0. The zero-order valence-electron chi connectivity index (χ0n) is 17.9. The number of hydrogen-bond donors (Lipinski definition) is 1. The number of fused-ring (bicyclic) bond motifs is 1. The molecule has 0 saturated heterocycles. The second-order valence-corrected chi connectivity index (χ2v) is 9.98. The van der Waals surface area contributed by atoms with Gasteiger partial charge in [0.25, 0.3) is 0 Å². The monoisotopic (exact) mass is 464 g/mol. The quantitative estimate of drug-likeness (QED) is 0.305. The number of anilines is 1. The van der Waals surface area contributed by atoms with Crippen LogP contribution in [-0.2, 0) is 24.2 Å². The van der Waals surface area contributed by atoms with E-state index in [1.807, 2.05) is 23.6 Å². The highest BCUT2D eigenvalue weighted by molar-refractivity contribution is 8.00. The average Bonchev–Trinajstić information content (AvgIpc) is 3.26. The van der Waals surface area contributed by atoms with Crippen LogP contribution in [0.1, 0.15) is 42.2 Å². The summed E-state index contributed by atoms with van der Waals surface area (Å²) in [4.78, 5) is 18.3. The molecule has 0 aromatic carbocycles. The number of thioether (sulfide) groups is 1. The summed E-state index contributed by atoms with van der Waals surface area (Å²) in [5.74, 6) is 0.553. The first-order valence-corrected chi connectivity index (χ1v) is 12.3. The van der Waals surface area contributed by atoms with Crippen molar-refractivity contribution in [3.63, 3.8) is 0 Å². The maximum Gasteiger partial charge on any atom is 0.238 e. The molecule has 0 bridgehead atoms. The van der Waals surface area contributed by atoms with Gasteiger partial charge in [0.15, 0.2) is 11.0 Å². The lowest BCUT2D eigenvalue weighted by Gasteiger charge is -2.12. The van der Waals surface area contributed by atoms with Crippen molar-refractivity contribution >= 4 is 34.0 Å². The van der Waals surface area contributed by atoms with Gasteiger partial charge in [-0.2, -0.15) is 5.26 Å². The second kappa shape index (κ2) is 10.1. The smallest absolute Gasteiger partial charge is 0.238 e. The van der Waals surface area contributed by atoms with Gasteiger partial charge in [-0.25, -0.2) is 0 Å². The van der Waals surface area contributed by atoms with Gasteiger partial charge in [-0.1, -0.05) is 24.3 Å². The molecule has 3 aromatic rings. The Kier molecular flexibility index (Phi) is 7.02. The van der Waals surface area contributed by atoms with Gasteiger partial charge in [-0.3, -0.25) is 14.3 Å². The maximum absolute atomic E-state index is 13.0. The number of hydrogen-bond acceptors (Lipinski definition) is 7. The highest BCUT2D eigenvalue weighted by atomic mass is 32.2. The molecule has 0 aliphatic heterocycles. The third kappa shape index (κ3) is 4.61. The van der Waals surface area contributed by atoms with E-state index >= 15 is 0 Å². The molecule has 4 rings (SSSR count). The van der Waals surface area contributed by atoms with Crippen molar-refractivity contribution in [3.8, 4) is 17.5 Å². The molecule has 1 aliphatic rings. The number of allylic oxidation sites excluding steroid dienone is 1. The number of carbonyl (C=O) groups is 1. The SMILES string of the molecule is C=CCn1c(S[C@H](C)C(=O)Nc2sc3c(c2C#N)CCCCC3)nnc1-c1ccncc1. The van der Waals surface area contributed by atoms with Crippen LogP contribution in [0.15, 0.2) is 42.3 Å². The van der Waals surface area contributed by atoms with Crippen molar-refractivity contribution in [2.24, 2.45) is 0 Å². The van der Waals surface area contributed by atoms with Crippen molar-refractivity contribution in [1.29, 1.82) is 5.26 Å². The molecule has 1 N–H and O–H groups in total. The Labute approximate surface area is 195 Å².